The average molecular weight is 364 g/mol. The molecule has 0 aliphatic carbocycles. The predicted molar refractivity (Wildman–Crippen MR) is 96.7 cm³/mol. The Balaban J connectivity index is 1.98. The molecule has 2 aromatic carbocycles. The van der Waals surface area contributed by atoms with Gasteiger partial charge in [-0.2, -0.15) is 5.10 Å². The number of anilines is 1. The molecule has 7 heteroatoms. The Hall–Kier alpha value is -2.37. The summed E-state index contributed by atoms with van der Waals surface area (Å²) in [6.07, 6.45) is 1.32. The molecule has 0 radical (unpaired) electrons. The van der Waals surface area contributed by atoms with Crippen LogP contribution in [0.3, 0.4) is 0 Å². The number of hydrogen-bond acceptors (Lipinski definition) is 3. The van der Waals surface area contributed by atoms with Crippen LogP contribution < -0.4 is 10.7 Å². The lowest BCUT2D eigenvalue weighted by atomic mass is 10.1. The van der Waals surface area contributed by atoms with Crippen molar-refractivity contribution in [1.82, 2.24) is 5.43 Å². The van der Waals surface area contributed by atoms with Crippen molar-refractivity contribution in [2.24, 2.45) is 5.10 Å². The van der Waals surface area contributed by atoms with Crippen LogP contribution in [0.4, 0.5) is 5.69 Å². The van der Waals surface area contributed by atoms with Gasteiger partial charge in [0.1, 0.15) is 0 Å². The van der Waals surface area contributed by atoms with E-state index < -0.39 is 11.8 Å². The summed E-state index contributed by atoms with van der Waals surface area (Å²) in [6.45, 7) is 3.81. The maximum absolute atomic E-state index is 11.9. The Morgan fingerprint density at radius 3 is 2.38 bits per heavy atom. The molecule has 0 atom stereocenters. The number of nitrogens with one attached hydrogen (secondary N) is 2. The minimum atomic E-state index is -0.886. The van der Waals surface area contributed by atoms with Gasteiger partial charge in [-0.25, -0.2) is 5.43 Å². The first kappa shape index (κ1) is 18.0. The highest BCUT2D eigenvalue weighted by molar-refractivity contribution is 6.43. The zero-order valence-electron chi connectivity index (χ0n) is 13.1. The molecule has 0 aromatic heterocycles. The highest BCUT2D eigenvalue weighted by atomic mass is 35.5. The van der Waals surface area contributed by atoms with Crippen molar-refractivity contribution in [2.75, 3.05) is 5.32 Å². The van der Waals surface area contributed by atoms with Crippen molar-refractivity contribution in [2.45, 2.75) is 13.8 Å². The molecule has 2 rings (SSSR count). The van der Waals surface area contributed by atoms with E-state index in [-0.39, 0.29) is 0 Å². The Bertz CT molecular complexity index is 799. The summed E-state index contributed by atoms with van der Waals surface area (Å²) in [5.41, 5.74) is 5.19. The number of nitrogens with zero attached hydrogens (tertiary/aromatic N) is 1. The van der Waals surface area contributed by atoms with Gasteiger partial charge in [0.05, 0.1) is 16.3 Å². The molecular formula is C17H15Cl2N3O2. The first-order valence-electron chi connectivity index (χ1n) is 7.03. The standard InChI is InChI=1S/C17H15Cl2N3O2/c1-10-6-11(2)8-13(7-10)21-16(23)17(24)22-20-9-12-4-3-5-14(18)15(12)19/h3-9H,1-2H3,(H,21,23)(H,22,24)/b20-9-. The Kier molecular flexibility index (Phi) is 5.95. The van der Waals surface area contributed by atoms with Gasteiger partial charge in [-0.05, 0) is 43.2 Å². The van der Waals surface area contributed by atoms with Crippen LogP contribution in [-0.4, -0.2) is 18.0 Å². The van der Waals surface area contributed by atoms with E-state index in [9.17, 15) is 9.59 Å². The molecular weight excluding hydrogens is 349 g/mol. The van der Waals surface area contributed by atoms with Crippen LogP contribution in [0.1, 0.15) is 16.7 Å². The van der Waals surface area contributed by atoms with Crippen LogP contribution in [0.2, 0.25) is 10.0 Å². The molecule has 5 nitrogen and oxygen atoms in total. The fourth-order valence-electron chi connectivity index (χ4n) is 2.07. The number of carbonyl (C=O) groups excluding carboxylic acids is 2. The van der Waals surface area contributed by atoms with E-state index in [4.69, 9.17) is 23.2 Å². The second-order valence-corrected chi connectivity index (χ2v) is 5.96. The van der Waals surface area contributed by atoms with Crippen LogP contribution in [-0.2, 0) is 9.59 Å². The van der Waals surface area contributed by atoms with E-state index in [0.29, 0.717) is 21.3 Å². The first-order valence-corrected chi connectivity index (χ1v) is 7.79. The van der Waals surface area contributed by atoms with Gasteiger partial charge < -0.3 is 5.32 Å². The lowest BCUT2D eigenvalue weighted by Gasteiger charge is -2.06. The summed E-state index contributed by atoms with van der Waals surface area (Å²) >= 11 is 11.9. The average Bonchev–Trinajstić information content (AvgIpc) is 2.50. The molecule has 0 saturated carbocycles. The largest absolute Gasteiger partial charge is 0.329 e. The maximum atomic E-state index is 11.9. The second-order valence-electron chi connectivity index (χ2n) is 5.17. The van der Waals surface area contributed by atoms with Crippen molar-refractivity contribution in [1.29, 1.82) is 0 Å². The Morgan fingerprint density at radius 1 is 1.04 bits per heavy atom. The van der Waals surface area contributed by atoms with Crippen molar-refractivity contribution < 1.29 is 9.59 Å². The topological polar surface area (TPSA) is 70.6 Å². The van der Waals surface area contributed by atoms with Gasteiger partial charge in [-0.3, -0.25) is 9.59 Å². The highest BCUT2D eigenvalue weighted by Crippen LogP contribution is 2.24. The third-order valence-electron chi connectivity index (χ3n) is 3.04. The number of amides is 2. The Morgan fingerprint density at radius 2 is 1.71 bits per heavy atom. The molecule has 0 spiro atoms. The summed E-state index contributed by atoms with van der Waals surface area (Å²) in [7, 11) is 0. The molecule has 124 valence electrons. The molecule has 2 amide bonds. The van der Waals surface area contributed by atoms with Gasteiger partial charge in [0.2, 0.25) is 0 Å². The van der Waals surface area contributed by atoms with Gasteiger partial charge in [0, 0.05) is 11.3 Å². The van der Waals surface area contributed by atoms with Gasteiger partial charge in [0.15, 0.2) is 0 Å². The SMILES string of the molecule is Cc1cc(C)cc(NC(=O)C(=O)N/N=C\c2cccc(Cl)c2Cl)c1. The number of halogens is 2. The normalized spacial score (nSPS) is 10.7. The zero-order chi connectivity index (χ0) is 17.7. The number of benzene rings is 2. The van der Waals surface area contributed by atoms with Crippen LogP contribution in [0, 0.1) is 13.8 Å². The Labute approximate surface area is 149 Å². The van der Waals surface area contributed by atoms with Gasteiger partial charge >= 0.3 is 11.8 Å². The lowest BCUT2D eigenvalue weighted by Crippen LogP contribution is -2.32. The number of rotatable bonds is 3. The molecule has 0 aliphatic heterocycles. The number of hydrazone groups is 1. The summed E-state index contributed by atoms with van der Waals surface area (Å²) < 4.78 is 0. The van der Waals surface area contributed by atoms with E-state index in [1.807, 2.05) is 19.9 Å². The smallest absolute Gasteiger partial charge is 0.318 e. The molecule has 0 saturated heterocycles. The van der Waals surface area contributed by atoms with Crippen molar-refractivity contribution in [3.63, 3.8) is 0 Å². The lowest BCUT2D eigenvalue weighted by molar-refractivity contribution is -0.136. The summed E-state index contributed by atoms with van der Waals surface area (Å²) in [5.74, 6) is -1.70. The van der Waals surface area contributed by atoms with E-state index in [1.54, 1.807) is 30.3 Å². The quantitative estimate of drug-likeness (QED) is 0.495. The zero-order valence-corrected chi connectivity index (χ0v) is 14.6. The summed E-state index contributed by atoms with van der Waals surface area (Å²) in [5, 5.41) is 6.92. The monoisotopic (exact) mass is 363 g/mol. The summed E-state index contributed by atoms with van der Waals surface area (Å²) in [4.78, 5) is 23.6. The molecule has 2 N–H and O–H groups in total. The van der Waals surface area contributed by atoms with Crippen LogP contribution >= 0.6 is 23.2 Å². The van der Waals surface area contributed by atoms with Crippen LogP contribution in [0.15, 0.2) is 41.5 Å². The van der Waals surface area contributed by atoms with E-state index >= 15 is 0 Å². The van der Waals surface area contributed by atoms with Crippen LogP contribution in [0.5, 0.6) is 0 Å². The number of carbonyl (C=O) groups is 2. The van der Waals surface area contributed by atoms with Crippen LogP contribution in [0.25, 0.3) is 0 Å². The third kappa shape index (κ3) is 4.81. The molecule has 0 fully saturated rings. The van der Waals surface area contributed by atoms with Crippen molar-refractivity contribution in [3.05, 3.63) is 63.1 Å². The second kappa shape index (κ2) is 7.95. The van der Waals surface area contributed by atoms with E-state index in [1.165, 1.54) is 6.21 Å². The molecule has 0 aliphatic rings. The predicted octanol–water partition coefficient (Wildman–Crippen LogP) is 3.70. The van der Waals surface area contributed by atoms with Crippen molar-refractivity contribution in [3.8, 4) is 0 Å². The molecule has 0 unspecified atom stereocenters. The van der Waals surface area contributed by atoms with Gasteiger partial charge in [0.25, 0.3) is 0 Å². The van der Waals surface area contributed by atoms with Crippen molar-refractivity contribution >= 4 is 46.9 Å². The number of hydrogen-bond donors (Lipinski definition) is 2. The minimum absolute atomic E-state index is 0.317. The van der Waals surface area contributed by atoms with E-state index in [2.05, 4.69) is 15.8 Å². The highest BCUT2D eigenvalue weighted by Gasteiger charge is 2.13. The molecule has 2 aromatic rings. The van der Waals surface area contributed by atoms with Gasteiger partial charge in [-0.15, -0.1) is 0 Å². The van der Waals surface area contributed by atoms with E-state index in [0.717, 1.165) is 11.1 Å². The fourth-order valence-corrected chi connectivity index (χ4v) is 2.42. The fraction of sp³-hybridized carbons (Fsp3) is 0.118. The third-order valence-corrected chi connectivity index (χ3v) is 3.87. The molecule has 0 bridgehead atoms. The molecule has 24 heavy (non-hydrogen) atoms. The number of aryl methyl sites for hydroxylation is 2. The molecule has 0 heterocycles. The van der Waals surface area contributed by atoms with Gasteiger partial charge in [-0.1, -0.05) is 41.4 Å². The minimum Gasteiger partial charge on any atom is -0.318 e. The maximum Gasteiger partial charge on any atom is 0.329 e. The summed E-state index contributed by atoms with van der Waals surface area (Å²) in [6, 6.07) is 10.5. The first-order chi connectivity index (χ1) is 11.4.